The normalized spacial score (nSPS) is 22.7. The SMILES string of the molecule is CC(O)[C@H](N)C(=O)OC1CCC(Nc2cc(-c3c4n(c5cc(F)ccc35)C(=O)CC3(CC3)C4)ccc2C(N)=O)CC1. The number of nitrogens with zero attached hydrogens (tertiary/aromatic N) is 1. The number of nitrogens with two attached hydrogens (primary N) is 2. The minimum Gasteiger partial charge on any atom is -0.461 e. The van der Waals surface area contributed by atoms with Gasteiger partial charge in [0.1, 0.15) is 18.0 Å². The summed E-state index contributed by atoms with van der Waals surface area (Å²) < 4.78 is 21.5. The van der Waals surface area contributed by atoms with Crippen LogP contribution in [-0.2, 0) is 16.0 Å². The van der Waals surface area contributed by atoms with Gasteiger partial charge in [0.25, 0.3) is 5.91 Å². The van der Waals surface area contributed by atoms with E-state index in [9.17, 15) is 23.9 Å². The first kappa shape index (κ1) is 27.4. The molecule has 0 bridgehead atoms. The number of hydrogen-bond acceptors (Lipinski definition) is 7. The van der Waals surface area contributed by atoms with E-state index in [1.807, 2.05) is 12.1 Å². The van der Waals surface area contributed by atoms with E-state index in [1.54, 1.807) is 16.7 Å². The Morgan fingerprint density at radius 3 is 2.51 bits per heavy atom. The Bertz CT molecular complexity index is 1550. The van der Waals surface area contributed by atoms with Crippen molar-refractivity contribution in [3.05, 3.63) is 53.5 Å². The molecule has 1 aromatic heterocycles. The van der Waals surface area contributed by atoms with Gasteiger partial charge in [-0.15, -0.1) is 0 Å². The molecule has 2 heterocycles. The van der Waals surface area contributed by atoms with Gasteiger partial charge in [-0.1, -0.05) is 6.07 Å². The summed E-state index contributed by atoms with van der Waals surface area (Å²) in [6.45, 7) is 1.45. The molecule has 1 aliphatic heterocycles. The molecule has 2 atom stereocenters. The monoisotopic (exact) mass is 562 g/mol. The molecule has 2 saturated carbocycles. The van der Waals surface area contributed by atoms with Crippen molar-refractivity contribution in [2.24, 2.45) is 16.9 Å². The fraction of sp³-hybridized carbons (Fsp3) is 0.452. The van der Waals surface area contributed by atoms with Crippen molar-refractivity contribution in [2.75, 3.05) is 5.32 Å². The third-order valence-corrected chi connectivity index (χ3v) is 8.99. The number of anilines is 1. The van der Waals surface area contributed by atoms with Crippen LogP contribution in [0.1, 0.15) is 72.7 Å². The van der Waals surface area contributed by atoms with Gasteiger partial charge in [-0.05, 0) is 93.2 Å². The van der Waals surface area contributed by atoms with Crippen molar-refractivity contribution < 1.29 is 28.6 Å². The van der Waals surface area contributed by atoms with Crippen molar-refractivity contribution >= 4 is 34.4 Å². The molecule has 6 N–H and O–H groups in total. The molecule has 2 aromatic carbocycles. The second kappa shape index (κ2) is 10.3. The molecule has 3 aliphatic rings. The van der Waals surface area contributed by atoms with E-state index in [4.69, 9.17) is 16.2 Å². The lowest BCUT2D eigenvalue weighted by Gasteiger charge is -2.31. The minimum atomic E-state index is -1.08. The van der Waals surface area contributed by atoms with Gasteiger partial charge in [0, 0.05) is 34.8 Å². The van der Waals surface area contributed by atoms with E-state index < -0.39 is 29.8 Å². The quantitative estimate of drug-likeness (QED) is 0.319. The van der Waals surface area contributed by atoms with E-state index in [0.29, 0.717) is 48.9 Å². The summed E-state index contributed by atoms with van der Waals surface area (Å²) in [7, 11) is 0. The molecule has 10 heteroatoms. The van der Waals surface area contributed by atoms with E-state index in [1.165, 1.54) is 19.1 Å². The number of fused-ring (bicyclic) bond motifs is 3. The van der Waals surface area contributed by atoms with Gasteiger partial charge in [0.15, 0.2) is 0 Å². The highest BCUT2D eigenvalue weighted by Gasteiger charge is 2.49. The summed E-state index contributed by atoms with van der Waals surface area (Å²) in [5, 5.41) is 13.8. The Hall–Kier alpha value is -3.76. The van der Waals surface area contributed by atoms with Crippen LogP contribution in [0.4, 0.5) is 10.1 Å². The average molecular weight is 563 g/mol. The van der Waals surface area contributed by atoms with Gasteiger partial charge in [-0.2, -0.15) is 0 Å². The molecular weight excluding hydrogens is 527 g/mol. The summed E-state index contributed by atoms with van der Waals surface area (Å²) in [4.78, 5) is 37.8. The largest absolute Gasteiger partial charge is 0.461 e. The Labute approximate surface area is 237 Å². The van der Waals surface area contributed by atoms with Crippen LogP contribution in [0, 0.1) is 11.2 Å². The van der Waals surface area contributed by atoms with Crippen molar-refractivity contribution in [1.82, 2.24) is 4.57 Å². The molecule has 3 aromatic rings. The number of hydrogen-bond donors (Lipinski definition) is 4. The number of carbonyl (C=O) groups is 3. The molecule has 6 rings (SSSR count). The highest BCUT2D eigenvalue weighted by molar-refractivity contribution is 6.06. The lowest BCUT2D eigenvalue weighted by molar-refractivity contribution is -0.154. The standard InChI is InChI=1S/C31H35FN4O5/c1-16(37)28(33)30(40)41-20-6-4-19(5-7-20)35-23-12-17(2-8-21(23)29(34)39)27-22-9-3-18(32)13-24(22)36-25(27)14-31(10-11-31)15-26(36)38/h2-3,8-9,12-13,16,19-20,28,35,37H,4-7,10-11,14-15,33H2,1H3,(H2,34,39)/t16?,19?,20?,28-/m0/s1. The number of aliphatic hydroxyl groups is 1. The van der Waals surface area contributed by atoms with Crippen LogP contribution in [0.2, 0.25) is 0 Å². The molecule has 9 nitrogen and oxygen atoms in total. The van der Waals surface area contributed by atoms with Crippen LogP contribution in [0.25, 0.3) is 22.0 Å². The highest BCUT2D eigenvalue weighted by atomic mass is 19.1. The predicted molar refractivity (Wildman–Crippen MR) is 152 cm³/mol. The Kier molecular flexibility index (Phi) is 6.86. The highest BCUT2D eigenvalue weighted by Crippen LogP contribution is 2.56. The van der Waals surface area contributed by atoms with E-state index in [0.717, 1.165) is 41.5 Å². The maximum Gasteiger partial charge on any atom is 0.325 e. The predicted octanol–water partition coefficient (Wildman–Crippen LogP) is 3.89. The number of rotatable bonds is 7. The minimum absolute atomic E-state index is 0.00819. The number of primary amides is 1. The van der Waals surface area contributed by atoms with Crippen molar-refractivity contribution in [1.29, 1.82) is 0 Å². The molecule has 1 spiro atoms. The zero-order valence-corrected chi connectivity index (χ0v) is 23.0. The Morgan fingerprint density at radius 2 is 1.85 bits per heavy atom. The van der Waals surface area contributed by atoms with Crippen molar-refractivity contribution in [3.63, 3.8) is 0 Å². The van der Waals surface area contributed by atoms with Crippen molar-refractivity contribution in [2.45, 2.75) is 82.6 Å². The number of nitrogens with one attached hydrogen (secondary N) is 1. The number of halogens is 1. The molecular formula is C31H35FN4O5. The topological polar surface area (TPSA) is 150 Å². The van der Waals surface area contributed by atoms with Gasteiger partial charge in [0.2, 0.25) is 5.91 Å². The first-order valence-electron chi connectivity index (χ1n) is 14.3. The fourth-order valence-corrected chi connectivity index (χ4v) is 6.45. The van der Waals surface area contributed by atoms with Gasteiger partial charge in [-0.25, -0.2) is 4.39 Å². The van der Waals surface area contributed by atoms with Gasteiger partial charge < -0.3 is 26.6 Å². The lowest BCUT2D eigenvalue weighted by atomic mass is 9.88. The summed E-state index contributed by atoms with van der Waals surface area (Å²) in [5.74, 6) is -1.59. The molecule has 2 fully saturated rings. The van der Waals surface area contributed by atoms with Gasteiger partial charge >= 0.3 is 5.97 Å². The summed E-state index contributed by atoms with van der Waals surface area (Å²) in [5.41, 5.74) is 15.5. The third-order valence-electron chi connectivity index (χ3n) is 8.99. The van der Waals surface area contributed by atoms with Crippen LogP contribution in [0.15, 0.2) is 36.4 Å². The number of ether oxygens (including phenoxy) is 1. The van der Waals surface area contributed by atoms with Gasteiger partial charge in [-0.3, -0.25) is 19.0 Å². The zero-order chi connectivity index (χ0) is 29.1. The first-order chi connectivity index (χ1) is 19.5. The average Bonchev–Trinajstić information content (AvgIpc) is 3.58. The zero-order valence-electron chi connectivity index (χ0n) is 23.0. The second-order valence-corrected chi connectivity index (χ2v) is 12.0. The number of carbonyl (C=O) groups excluding carboxylic acids is 3. The van der Waals surface area contributed by atoms with Crippen LogP contribution in [0.5, 0.6) is 0 Å². The van der Waals surface area contributed by atoms with Crippen LogP contribution in [-0.4, -0.2) is 51.7 Å². The number of amides is 1. The number of aromatic nitrogens is 1. The molecule has 0 radical (unpaired) electrons. The molecule has 1 unspecified atom stereocenters. The summed E-state index contributed by atoms with van der Waals surface area (Å²) in [6, 6.07) is 8.91. The summed E-state index contributed by atoms with van der Waals surface area (Å²) >= 11 is 0. The number of benzene rings is 2. The lowest BCUT2D eigenvalue weighted by Crippen LogP contribution is -2.43. The molecule has 1 amide bonds. The second-order valence-electron chi connectivity index (χ2n) is 12.0. The number of esters is 1. The van der Waals surface area contributed by atoms with Crippen LogP contribution < -0.4 is 16.8 Å². The van der Waals surface area contributed by atoms with Crippen LogP contribution >= 0.6 is 0 Å². The Morgan fingerprint density at radius 1 is 1.12 bits per heavy atom. The van der Waals surface area contributed by atoms with Crippen LogP contribution in [0.3, 0.4) is 0 Å². The smallest absolute Gasteiger partial charge is 0.325 e. The fourth-order valence-electron chi connectivity index (χ4n) is 6.45. The maximum absolute atomic E-state index is 14.3. The molecule has 216 valence electrons. The van der Waals surface area contributed by atoms with E-state index >= 15 is 0 Å². The van der Waals surface area contributed by atoms with Crippen molar-refractivity contribution in [3.8, 4) is 11.1 Å². The van der Waals surface area contributed by atoms with Gasteiger partial charge in [0.05, 0.1) is 17.2 Å². The van der Waals surface area contributed by atoms with E-state index in [2.05, 4.69) is 5.32 Å². The third kappa shape index (κ3) is 5.10. The molecule has 2 aliphatic carbocycles. The maximum atomic E-state index is 14.3. The number of aliphatic hydroxyl groups excluding tert-OH is 1. The molecule has 0 saturated heterocycles. The van der Waals surface area contributed by atoms with E-state index in [-0.39, 0.29) is 23.5 Å². The first-order valence-corrected chi connectivity index (χ1v) is 14.3. The summed E-state index contributed by atoms with van der Waals surface area (Å²) in [6.07, 6.45) is 4.52. The molecule has 41 heavy (non-hydrogen) atoms. The Balaban J connectivity index is 1.29.